The Hall–Kier alpha value is -1.98. The monoisotopic (exact) mass is 241 g/mol. The minimum absolute atomic E-state index is 0.295. The third-order valence-electron chi connectivity index (χ3n) is 2.43. The van der Waals surface area contributed by atoms with E-state index in [1.165, 1.54) is 0 Å². The van der Waals surface area contributed by atoms with Gasteiger partial charge >= 0.3 is 6.18 Å². The van der Waals surface area contributed by atoms with E-state index < -0.39 is 12.0 Å². The fourth-order valence-electron chi connectivity index (χ4n) is 1.42. The second-order valence-electron chi connectivity index (χ2n) is 3.71. The van der Waals surface area contributed by atoms with E-state index in [0.717, 1.165) is 11.8 Å². The van der Waals surface area contributed by atoms with Crippen LogP contribution in [0.5, 0.6) is 0 Å². The van der Waals surface area contributed by atoms with Crippen LogP contribution in [0.4, 0.5) is 18.9 Å². The van der Waals surface area contributed by atoms with Crippen molar-refractivity contribution in [3.8, 4) is 11.3 Å². The number of halogens is 3. The van der Waals surface area contributed by atoms with Gasteiger partial charge in [0.25, 0.3) is 0 Å². The van der Waals surface area contributed by atoms with Gasteiger partial charge in [-0.15, -0.1) is 0 Å². The van der Waals surface area contributed by atoms with Crippen LogP contribution in [0, 0.1) is 6.92 Å². The van der Waals surface area contributed by atoms with Crippen LogP contribution in [-0.4, -0.2) is 9.97 Å². The first-order valence-corrected chi connectivity index (χ1v) is 4.86. The number of aromatic nitrogens is 2. The molecule has 0 bridgehead atoms. The number of aromatic amines is 1. The molecule has 0 saturated heterocycles. The van der Waals surface area contributed by atoms with Gasteiger partial charge in [-0.1, -0.05) is 12.1 Å². The first-order chi connectivity index (χ1) is 7.88. The molecule has 0 spiro atoms. The van der Waals surface area contributed by atoms with Crippen LogP contribution < -0.4 is 5.73 Å². The van der Waals surface area contributed by atoms with E-state index in [9.17, 15) is 13.2 Å². The molecule has 1 aromatic heterocycles. The summed E-state index contributed by atoms with van der Waals surface area (Å²) in [5, 5.41) is 0. The summed E-state index contributed by atoms with van der Waals surface area (Å²) < 4.78 is 37.0. The van der Waals surface area contributed by atoms with Gasteiger partial charge in [0.1, 0.15) is 0 Å². The summed E-state index contributed by atoms with van der Waals surface area (Å²) in [6, 6.07) is 5.06. The van der Waals surface area contributed by atoms with E-state index in [-0.39, 0.29) is 0 Å². The number of nitrogens with one attached hydrogen (secondary N) is 1. The highest BCUT2D eigenvalue weighted by Gasteiger charge is 2.34. The van der Waals surface area contributed by atoms with Crippen LogP contribution in [-0.2, 0) is 6.18 Å². The SMILES string of the molecule is Cc1ccc(-c2cnc(C(F)(F)F)[nH]2)cc1N. The Labute approximate surface area is 95.5 Å². The molecule has 2 rings (SSSR count). The number of imidazole rings is 1. The standard InChI is InChI=1S/C11H10F3N3/c1-6-2-3-7(4-8(6)15)9-5-16-10(17-9)11(12,13)14/h2-5H,15H2,1H3,(H,16,17). The third-order valence-corrected chi connectivity index (χ3v) is 2.43. The maximum Gasteiger partial charge on any atom is 0.449 e. The van der Waals surface area contributed by atoms with Gasteiger partial charge in [-0.05, 0) is 18.6 Å². The maximum absolute atomic E-state index is 12.3. The number of nitrogen functional groups attached to an aromatic ring is 1. The van der Waals surface area contributed by atoms with Gasteiger partial charge in [0, 0.05) is 11.3 Å². The Bertz CT molecular complexity index is 543. The van der Waals surface area contributed by atoms with Crippen LogP contribution in [0.3, 0.4) is 0 Å². The quantitative estimate of drug-likeness (QED) is 0.754. The molecule has 0 amide bonds. The molecule has 1 aromatic carbocycles. The smallest absolute Gasteiger partial charge is 0.398 e. The number of benzene rings is 1. The molecule has 2 aromatic rings. The molecule has 0 unspecified atom stereocenters. The first kappa shape index (κ1) is 11.5. The average molecular weight is 241 g/mol. The summed E-state index contributed by atoms with van der Waals surface area (Å²) >= 11 is 0. The molecule has 0 aliphatic heterocycles. The topological polar surface area (TPSA) is 54.7 Å². The normalized spacial score (nSPS) is 11.8. The minimum atomic E-state index is -4.46. The highest BCUT2D eigenvalue weighted by atomic mass is 19.4. The van der Waals surface area contributed by atoms with Gasteiger partial charge in [0.05, 0.1) is 11.9 Å². The second-order valence-corrected chi connectivity index (χ2v) is 3.71. The van der Waals surface area contributed by atoms with Crippen molar-refractivity contribution >= 4 is 5.69 Å². The molecule has 0 radical (unpaired) electrons. The van der Waals surface area contributed by atoms with Gasteiger partial charge in [-0.25, -0.2) is 4.98 Å². The van der Waals surface area contributed by atoms with Crippen molar-refractivity contribution in [2.75, 3.05) is 5.73 Å². The summed E-state index contributed by atoms with van der Waals surface area (Å²) in [6.07, 6.45) is -3.32. The zero-order valence-electron chi connectivity index (χ0n) is 8.97. The molecule has 3 nitrogen and oxygen atoms in total. The molecule has 0 atom stereocenters. The van der Waals surface area contributed by atoms with E-state index in [0.29, 0.717) is 16.9 Å². The Kier molecular flexibility index (Phi) is 2.57. The molecule has 0 aliphatic carbocycles. The lowest BCUT2D eigenvalue weighted by Gasteiger charge is -2.03. The lowest BCUT2D eigenvalue weighted by atomic mass is 10.1. The highest BCUT2D eigenvalue weighted by Crippen LogP contribution is 2.29. The molecule has 6 heteroatoms. The van der Waals surface area contributed by atoms with Crippen LogP contribution in [0.2, 0.25) is 0 Å². The molecule has 1 heterocycles. The van der Waals surface area contributed by atoms with Crippen molar-refractivity contribution in [3.05, 3.63) is 35.8 Å². The Morgan fingerprint density at radius 3 is 2.53 bits per heavy atom. The van der Waals surface area contributed by atoms with Gasteiger partial charge in [0.2, 0.25) is 5.82 Å². The van der Waals surface area contributed by atoms with Crippen LogP contribution in [0.1, 0.15) is 11.4 Å². The molecule has 0 saturated carbocycles. The lowest BCUT2D eigenvalue weighted by Crippen LogP contribution is -2.07. The van der Waals surface area contributed by atoms with Gasteiger partial charge in [0.15, 0.2) is 0 Å². The molecular formula is C11H10F3N3. The second kappa shape index (κ2) is 3.80. The number of hydrogen-bond acceptors (Lipinski definition) is 2. The highest BCUT2D eigenvalue weighted by molar-refractivity contribution is 5.65. The minimum Gasteiger partial charge on any atom is -0.398 e. The Balaban J connectivity index is 2.40. The summed E-state index contributed by atoms with van der Waals surface area (Å²) in [4.78, 5) is 5.52. The molecule has 90 valence electrons. The Morgan fingerprint density at radius 2 is 2.00 bits per heavy atom. The van der Waals surface area contributed by atoms with E-state index in [1.54, 1.807) is 18.2 Å². The predicted molar refractivity (Wildman–Crippen MR) is 58.2 cm³/mol. The number of nitrogens with zero attached hydrogens (tertiary/aromatic N) is 1. The largest absolute Gasteiger partial charge is 0.449 e. The molecule has 0 aliphatic rings. The fraction of sp³-hybridized carbons (Fsp3) is 0.182. The van der Waals surface area contributed by atoms with E-state index >= 15 is 0 Å². The van der Waals surface area contributed by atoms with Crippen LogP contribution >= 0.6 is 0 Å². The number of alkyl halides is 3. The van der Waals surface area contributed by atoms with Crippen molar-refractivity contribution in [2.24, 2.45) is 0 Å². The van der Waals surface area contributed by atoms with E-state index in [2.05, 4.69) is 9.97 Å². The van der Waals surface area contributed by atoms with Gasteiger partial charge in [-0.3, -0.25) is 0 Å². The number of rotatable bonds is 1. The number of nitrogens with two attached hydrogens (primary N) is 1. The molecule has 0 fully saturated rings. The maximum atomic E-state index is 12.3. The van der Waals surface area contributed by atoms with Gasteiger partial charge < -0.3 is 10.7 Å². The van der Waals surface area contributed by atoms with E-state index in [1.807, 2.05) is 6.92 Å². The van der Waals surface area contributed by atoms with Crippen molar-refractivity contribution < 1.29 is 13.2 Å². The Morgan fingerprint density at radius 1 is 1.29 bits per heavy atom. The van der Waals surface area contributed by atoms with Crippen molar-refractivity contribution in [2.45, 2.75) is 13.1 Å². The van der Waals surface area contributed by atoms with E-state index in [4.69, 9.17) is 5.73 Å². The number of H-pyrrole nitrogens is 1. The van der Waals surface area contributed by atoms with Gasteiger partial charge in [-0.2, -0.15) is 13.2 Å². The number of aryl methyl sites for hydroxylation is 1. The predicted octanol–water partition coefficient (Wildman–Crippen LogP) is 2.99. The van der Waals surface area contributed by atoms with Crippen LogP contribution in [0.25, 0.3) is 11.3 Å². The number of anilines is 1. The average Bonchev–Trinajstić information content (AvgIpc) is 2.70. The van der Waals surface area contributed by atoms with Crippen molar-refractivity contribution in [3.63, 3.8) is 0 Å². The number of hydrogen-bond donors (Lipinski definition) is 2. The third kappa shape index (κ3) is 2.25. The van der Waals surface area contributed by atoms with Crippen LogP contribution in [0.15, 0.2) is 24.4 Å². The first-order valence-electron chi connectivity index (χ1n) is 4.86. The fourth-order valence-corrected chi connectivity index (χ4v) is 1.42. The van der Waals surface area contributed by atoms with Crippen molar-refractivity contribution in [1.29, 1.82) is 0 Å². The lowest BCUT2D eigenvalue weighted by molar-refractivity contribution is -0.144. The summed E-state index contributed by atoms with van der Waals surface area (Å²) in [5.41, 5.74) is 7.98. The zero-order chi connectivity index (χ0) is 12.6. The summed E-state index contributed by atoms with van der Waals surface area (Å²) in [5.74, 6) is -1.01. The van der Waals surface area contributed by atoms with Crippen molar-refractivity contribution in [1.82, 2.24) is 9.97 Å². The molecule has 3 N–H and O–H groups in total. The summed E-state index contributed by atoms with van der Waals surface area (Å²) in [7, 11) is 0. The summed E-state index contributed by atoms with van der Waals surface area (Å²) in [6.45, 7) is 1.83. The molecule has 17 heavy (non-hydrogen) atoms. The molecular weight excluding hydrogens is 231 g/mol. The zero-order valence-corrected chi connectivity index (χ0v) is 8.97.